The molecule has 0 aliphatic carbocycles. The number of unbranched alkanes of at least 4 members (excludes halogenated alkanes) is 6. The van der Waals surface area contributed by atoms with Gasteiger partial charge in [0.25, 0.3) is 0 Å². The molecule has 3 aliphatic rings. The fourth-order valence-corrected chi connectivity index (χ4v) is 7.82. The smallest absolute Gasteiger partial charge is 0.306 e. The van der Waals surface area contributed by atoms with Crippen molar-refractivity contribution in [1.82, 2.24) is 16.0 Å². The molecule has 15 atom stereocenters. The van der Waals surface area contributed by atoms with E-state index in [0.29, 0.717) is 6.42 Å². The van der Waals surface area contributed by atoms with Gasteiger partial charge in [0.1, 0.15) is 42.7 Å². The second kappa shape index (κ2) is 25.2. The molecule has 0 bridgehead atoms. The van der Waals surface area contributed by atoms with E-state index < -0.39 is 135 Å². The standard InChI is InChI=1S/C38H67N3O17/c1-5-6-7-8-9-10-11-12-30(48)58-37-24(17-54-18-28-31(39-20(2)45)36(51)35(50)27(15-44)56-28)26(14-43)55-29(32(37)40-21(3)46)19-53-16-23-25(13-42)57-38(52)33(34(23)49)41-22(4)47/h23-29,31-38,42-44,49-52H,5-19H2,1-4H3,(H,39,45)(H,40,46)(H,41,47)/t23-,24-,25?,26?,27?,28+,29+,31?,32?,33?,34+,35-,36-,37+,38-/m1/s1. The molecule has 0 aromatic heterocycles. The highest BCUT2D eigenvalue weighted by atomic mass is 16.6. The van der Waals surface area contributed by atoms with Crippen LogP contribution in [0, 0.1) is 11.8 Å². The van der Waals surface area contributed by atoms with Gasteiger partial charge in [-0.3, -0.25) is 19.2 Å². The molecular formula is C38H67N3O17. The van der Waals surface area contributed by atoms with E-state index in [1.54, 1.807) is 0 Å². The maximum absolute atomic E-state index is 13.4. The van der Waals surface area contributed by atoms with E-state index in [2.05, 4.69) is 22.9 Å². The van der Waals surface area contributed by atoms with Gasteiger partial charge in [0.05, 0.1) is 82.6 Å². The Hall–Kier alpha value is -2.60. The second-order valence-corrected chi connectivity index (χ2v) is 15.4. The summed E-state index contributed by atoms with van der Waals surface area (Å²) < 4.78 is 35.6. The maximum Gasteiger partial charge on any atom is 0.306 e. The fourth-order valence-electron chi connectivity index (χ4n) is 7.82. The summed E-state index contributed by atoms with van der Waals surface area (Å²) >= 11 is 0. The van der Waals surface area contributed by atoms with Gasteiger partial charge >= 0.3 is 5.97 Å². The van der Waals surface area contributed by atoms with Gasteiger partial charge < -0.3 is 80.1 Å². The Morgan fingerprint density at radius 1 is 0.534 bits per heavy atom. The van der Waals surface area contributed by atoms with E-state index >= 15 is 0 Å². The minimum Gasteiger partial charge on any atom is -0.460 e. The highest BCUT2D eigenvalue weighted by molar-refractivity contribution is 5.74. The molecule has 20 heteroatoms. The predicted molar refractivity (Wildman–Crippen MR) is 201 cm³/mol. The van der Waals surface area contributed by atoms with Crippen molar-refractivity contribution in [1.29, 1.82) is 0 Å². The number of amides is 3. The minimum absolute atomic E-state index is 0.0803. The zero-order valence-electron chi connectivity index (χ0n) is 34.0. The summed E-state index contributed by atoms with van der Waals surface area (Å²) in [6.45, 7) is 2.90. The number of hydrogen-bond donors (Lipinski definition) is 10. The van der Waals surface area contributed by atoms with Gasteiger partial charge in [-0.2, -0.15) is 0 Å². The predicted octanol–water partition coefficient (Wildman–Crippen LogP) is -2.87. The molecule has 336 valence electrons. The highest BCUT2D eigenvalue weighted by Crippen LogP contribution is 2.32. The Balaban J connectivity index is 1.83. The zero-order chi connectivity index (χ0) is 42.9. The first-order chi connectivity index (χ1) is 27.7. The summed E-state index contributed by atoms with van der Waals surface area (Å²) in [6.07, 6.45) is -5.76. The monoisotopic (exact) mass is 837 g/mol. The van der Waals surface area contributed by atoms with Crippen LogP contribution in [0.5, 0.6) is 0 Å². The van der Waals surface area contributed by atoms with E-state index in [1.807, 2.05) is 0 Å². The van der Waals surface area contributed by atoms with Gasteiger partial charge in [-0.1, -0.05) is 45.4 Å². The number of carbonyl (C=O) groups is 4. The number of esters is 1. The lowest BCUT2D eigenvalue weighted by atomic mass is 9.85. The van der Waals surface area contributed by atoms with Crippen LogP contribution >= 0.6 is 0 Å². The molecule has 3 heterocycles. The highest BCUT2D eigenvalue weighted by Gasteiger charge is 2.50. The van der Waals surface area contributed by atoms with Crippen LogP contribution in [0.4, 0.5) is 0 Å². The average molecular weight is 838 g/mol. The van der Waals surface area contributed by atoms with Crippen LogP contribution in [0.2, 0.25) is 0 Å². The Labute approximate surface area is 339 Å². The zero-order valence-corrected chi connectivity index (χ0v) is 34.0. The summed E-state index contributed by atoms with van der Waals surface area (Å²) in [6, 6.07) is -3.40. The number of hydrogen-bond acceptors (Lipinski definition) is 17. The van der Waals surface area contributed by atoms with Crippen LogP contribution in [0.25, 0.3) is 0 Å². The van der Waals surface area contributed by atoms with Gasteiger partial charge in [0, 0.05) is 33.1 Å². The lowest BCUT2D eigenvalue weighted by Gasteiger charge is -2.47. The molecular weight excluding hydrogens is 770 g/mol. The van der Waals surface area contributed by atoms with Crippen LogP contribution in [-0.4, -0.2) is 185 Å². The van der Waals surface area contributed by atoms with Crippen molar-refractivity contribution < 1.29 is 83.3 Å². The number of nitrogens with one attached hydrogen (secondary N) is 3. The molecule has 3 aliphatic heterocycles. The van der Waals surface area contributed by atoms with E-state index in [4.69, 9.17) is 28.4 Å². The topological polar surface area (TPSA) is 301 Å². The molecule has 3 fully saturated rings. The third kappa shape index (κ3) is 14.5. The third-order valence-corrected chi connectivity index (χ3v) is 10.8. The molecule has 20 nitrogen and oxygen atoms in total. The molecule has 3 saturated heterocycles. The number of carbonyl (C=O) groups excluding carboxylic acids is 4. The number of aliphatic hydroxyl groups excluding tert-OH is 7. The number of rotatable bonds is 23. The summed E-state index contributed by atoms with van der Waals surface area (Å²) in [4.78, 5) is 49.8. The van der Waals surface area contributed by atoms with Gasteiger partial charge in [-0.05, 0) is 6.42 Å². The molecule has 0 aromatic rings. The fraction of sp³-hybridized carbons (Fsp3) is 0.895. The minimum atomic E-state index is -1.60. The molecule has 10 N–H and O–H groups in total. The van der Waals surface area contributed by atoms with Crippen molar-refractivity contribution in [3.05, 3.63) is 0 Å². The van der Waals surface area contributed by atoms with Crippen LogP contribution in [0.15, 0.2) is 0 Å². The van der Waals surface area contributed by atoms with Gasteiger partial charge in [-0.25, -0.2) is 0 Å². The molecule has 0 aromatic carbocycles. The molecule has 0 spiro atoms. The Morgan fingerprint density at radius 3 is 1.59 bits per heavy atom. The van der Waals surface area contributed by atoms with Gasteiger partial charge in [0.2, 0.25) is 17.7 Å². The molecule has 58 heavy (non-hydrogen) atoms. The summed E-state index contributed by atoms with van der Waals surface area (Å²) in [5.41, 5.74) is 0. The molecule has 0 saturated carbocycles. The third-order valence-electron chi connectivity index (χ3n) is 10.8. The summed E-state index contributed by atoms with van der Waals surface area (Å²) in [7, 11) is 0. The number of aliphatic hydroxyl groups is 7. The lowest BCUT2D eigenvalue weighted by molar-refractivity contribution is -0.249. The quantitative estimate of drug-likeness (QED) is 0.0365. The van der Waals surface area contributed by atoms with Crippen molar-refractivity contribution in [3.8, 4) is 0 Å². The first-order valence-corrected chi connectivity index (χ1v) is 20.3. The van der Waals surface area contributed by atoms with E-state index in [-0.39, 0.29) is 32.8 Å². The average Bonchev–Trinajstić information content (AvgIpc) is 3.17. The molecule has 3 amide bonds. The largest absolute Gasteiger partial charge is 0.460 e. The Morgan fingerprint density at radius 2 is 1.02 bits per heavy atom. The van der Waals surface area contributed by atoms with Crippen LogP contribution < -0.4 is 16.0 Å². The summed E-state index contributed by atoms with van der Waals surface area (Å²) in [5.74, 6) is -3.96. The maximum atomic E-state index is 13.4. The SMILES string of the molecule is CCCCCCCCCC(=O)O[C@@H]1C(NC(C)=O)[C@H](COC[C@@H]2C(CO)O[C@@H](O)C(NC(C)=O)[C@H]2O)OC(CO)[C@H]1COC[C@@H]1OC(CO)[C@@H](O)[C@H](O)C1NC(C)=O. The van der Waals surface area contributed by atoms with E-state index in [1.165, 1.54) is 20.8 Å². The van der Waals surface area contributed by atoms with Crippen LogP contribution in [0.1, 0.15) is 79.1 Å². The normalized spacial score (nSPS) is 35.2. The van der Waals surface area contributed by atoms with Gasteiger partial charge in [-0.15, -0.1) is 0 Å². The van der Waals surface area contributed by atoms with Crippen molar-refractivity contribution in [3.63, 3.8) is 0 Å². The van der Waals surface area contributed by atoms with Gasteiger partial charge in [0.15, 0.2) is 6.29 Å². The van der Waals surface area contributed by atoms with Crippen molar-refractivity contribution in [2.24, 2.45) is 11.8 Å². The summed E-state index contributed by atoms with van der Waals surface area (Å²) in [5, 5.41) is 80.6. The van der Waals surface area contributed by atoms with Crippen LogP contribution in [-0.2, 0) is 47.6 Å². The molecule has 3 rings (SSSR count). The second-order valence-electron chi connectivity index (χ2n) is 15.4. The molecule has 0 radical (unpaired) electrons. The lowest BCUT2D eigenvalue weighted by Crippen LogP contribution is -2.66. The van der Waals surface area contributed by atoms with Crippen molar-refractivity contribution >= 4 is 23.7 Å². The Bertz CT molecular complexity index is 1270. The van der Waals surface area contributed by atoms with Crippen molar-refractivity contribution in [2.45, 2.75) is 158 Å². The number of ether oxygens (including phenoxy) is 6. The molecule has 6 unspecified atom stereocenters. The first kappa shape index (κ1) is 49.8. The van der Waals surface area contributed by atoms with E-state index in [0.717, 1.165) is 38.5 Å². The van der Waals surface area contributed by atoms with E-state index in [9.17, 15) is 54.9 Å². The van der Waals surface area contributed by atoms with Crippen LogP contribution in [0.3, 0.4) is 0 Å². The Kier molecular flexibility index (Phi) is 21.7. The first-order valence-electron chi connectivity index (χ1n) is 20.3. The van der Waals surface area contributed by atoms with Crippen molar-refractivity contribution in [2.75, 3.05) is 46.2 Å².